The molecule has 4 heteroatoms. The summed E-state index contributed by atoms with van der Waals surface area (Å²) in [5.41, 5.74) is 2.06. The summed E-state index contributed by atoms with van der Waals surface area (Å²) in [6.07, 6.45) is 5.28. The number of rotatable bonds is 2. The number of hydrogen-bond acceptors (Lipinski definition) is 3. The van der Waals surface area contributed by atoms with E-state index in [2.05, 4.69) is 23.4 Å². The zero-order valence-electron chi connectivity index (χ0n) is 10.9. The van der Waals surface area contributed by atoms with Gasteiger partial charge >= 0.3 is 0 Å². The molecule has 2 aromatic heterocycles. The van der Waals surface area contributed by atoms with E-state index in [0.29, 0.717) is 0 Å². The highest BCUT2D eigenvalue weighted by Gasteiger charge is 2.30. The molecule has 98 valence electrons. The standard InChI is InChI=1S/C15H16N2OS/c1-2-13-12-6-10-19-14(12)5-9-17(13)15(18)11-3-7-16-8-4-11/h3-4,6-8,10,13H,2,5,9H2,1H3/t13-/m1/s1. The zero-order chi connectivity index (χ0) is 13.2. The van der Waals surface area contributed by atoms with Gasteiger partial charge in [-0.2, -0.15) is 0 Å². The van der Waals surface area contributed by atoms with E-state index in [0.717, 1.165) is 24.9 Å². The number of carbonyl (C=O) groups excluding carboxylic acids is 1. The minimum absolute atomic E-state index is 0.117. The quantitative estimate of drug-likeness (QED) is 0.840. The first-order valence-corrected chi connectivity index (χ1v) is 7.46. The van der Waals surface area contributed by atoms with Gasteiger partial charge in [-0.1, -0.05) is 6.92 Å². The summed E-state index contributed by atoms with van der Waals surface area (Å²) in [7, 11) is 0. The van der Waals surface area contributed by atoms with Crippen LogP contribution in [0.2, 0.25) is 0 Å². The van der Waals surface area contributed by atoms with Crippen LogP contribution in [0.3, 0.4) is 0 Å². The molecular formula is C15H16N2OS. The van der Waals surface area contributed by atoms with E-state index >= 15 is 0 Å². The van der Waals surface area contributed by atoms with Gasteiger partial charge < -0.3 is 4.90 Å². The molecule has 1 aliphatic heterocycles. The zero-order valence-corrected chi connectivity index (χ0v) is 11.7. The van der Waals surface area contributed by atoms with Crippen molar-refractivity contribution in [1.29, 1.82) is 0 Å². The molecule has 3 nitrogen and oxygen atoms in total. The van der Waals surface area contributed by atoms with E-state index in [1.807, 2.05) is 4.90 Å². The molecule has 0 fully saturated rings. The molecule has 0 saturated carbocycles. The van der Waals surface area contributed by atoms with Crippen LogP contribution >= 0.6 is 11.3 Å². The Balaban J connectivity index is 1.92. The van der Waals surface area contributed by atoms with E-state index in [9.17, 15) is 4.79 Å². The number of fused-ring (bicyclic) bond motifs is 1. The molecule has 0 bridgehead atoms. The number of thiophene rings is 1. The van der Waals surface area contributed by atoms with Gasteiger partial charge in [0.15, 0.2) is 0 Å². The Morgan fingerprint density at radius 3 is 2.95 bits per heavy atom. The van der Waals surface area contributed by atoms with Crippen LogP contribution in [0.1, 0.15) is 40.2 Å². The van der Waals surface area contributed by atoms with Crippen molar-refractivity contribution in [2.75, 3.05) is 6.54 Å². The number of nitrogens with zero attached hydrogens (tertiary/aromatic N) is 2. The topological polar surface area (TPSA) is 33.2 Å². The van der Waals surface area contributed by atoms with Gasteiger partial charge in [-0.3, -0.25) is 9.78 Å². The molecule has 1 amide bonds. The SMILES string of the molecule is CC[C@@H]1c2ccsc2CCN1C(=O)c1ccncc1. The van der Waals surface area contributed by atoms with Crippen molar-refractivity contribution in [3.8, 4) is 0 Å². The molecule has 2 aromatic rings. The molecule has 0 saturated heterocycles. The Morgan fingerprint density at radius 2 is 2.21 bits per heavy atom. The summed E-state index contributed by atoms with van der Waals surface area (Å²) in [6.45, 7) is 2.96. The number of carbonyl (C=O) groups is 1. The Bertz CT molecular complexity index is 579. The monoisotopic (exact) mass is 272 g/mol. The second kappa shape index (κ2) is 5.13. The van der Waals surface area contributed by atoms with E-state index in [4.69, 9.17) is 0 Å². The molecule has 0 aliphatic carbocycles. The minimum atomic E-state index is 0.117. The number of aromatic nitrogens is 1. The highest BCUT2D eigenvalue weighted by atomic mass is 32.1. The summed E-state index contributed by atoms with van der Waals surface area (Å²) in [6, 6.07) is 5.96. The minimum Gasteiger partial charge on any atom is -0.331 e. The maximum atomic E-state index is 12.6. The van der Waals surface area contributed by atoms with Crippen molar-refractivity contribution >= 4 is 17.2 Å². The van der Waals surface area contributed by atoms with Gasteiger partial charge in [0.05, 0.1) is 6.04 Å². The Kier molecular flexibility index (Phi) is 3.34. The molecule has 0 unspecified atom stereocenters. The summed E-state index contributed by atoms with van der Waals surface area (Å²) in [5, 5.41) is 2.13. The summed E-state index contributed by atoms with van der Waals surface area (Å²) in [5.74, 6) is 0.117. The lowest BCUT2D eigenvalue weighted by Gasteiger charge is -2.35. The molecular weight excluding hydrogens is 256 g/mol. The Labute approximate surface area is 116 Å². The number of hydrogen-bond donors (Lipinski definition) is 0. The van der Waals surface area contributed by atoms with Crippen LogP contribution in [0.25, 0.3) is 0 Å². The van der Waals surface area contributed by atoms with Gasteiger partial charge in [-0.05, 0) is 42.0 Å². The van der Waals surface area contributed by atoms with Crippen LogP contribution in [0.5, 0.6) is 0 Å². The first-order chi connectivity index (χ1) is 9.31. The average Bonchev–Trinajstić information content (AvgIpc) is 2.94. The van der Waals surface area contributed by atoms with Crippen LogP contribution in [-0.4, -0.2) is 22.3 Å². The summed E-state index contributed by atoms with van der Waals surface area (Å²) >= 11 is 1.81. The van der Waals surface area contributed by atoms with Crippen molar-refractivity contribution < 1.29 is 4.79 Å². The third kappa shape index (κ3) is 2.16. The van der Waals surface area contributed by atoms with Gasteiger partial charge in [0.25, 0.3) is 5.91 Å². The van der Waals surface area contributed by atoms with E-state index in [1.54, 1.807) is 35.9 Å². The fraction of sp³-hybridized carbons (Fsp3) is 0.333. The molecule has 0 spiro atoms. The fourth-order valence-electron chi connectivity index (χ4n) is 2.74. The van der Waals surface area contributed by atoms with Crippen LogP contribution in [0, 0.1) is 0 Å². The van der Waals surface area contributed by atoms with Gasteiger partial charge in [-0.25, -0.2) is 0 Å². The molecule has 0 N–H and O–H groups in total. The molecule has 1 aliphatic rings. The normalized spacial score (nSPS) is 18.2. The van der Waals surface area contributed by atoms with Crippen molar-refractivity contribution in [2.24, 2.45) is 0 Å². The maximum absolute atomic E-state index is 12.6. The van der Waals surface area contributed by atoms with Crippen LogP contribution in [-0.2, 0) is 6.42 Å². The Hall–Kier alpha value is -1.68. The van der Waals surface area contributed by atoms with E-state index in [-0.39, 0.29) is 11.9 Å². The van der Waals surface area contributed by atoms with Crippen molar-refractivity contribution in [1.82, 2.24) is 9.88 Å². The van der Waals surface area contributed by atoms with Crippen LogP contribution < -0.4 is 0 Å². The maximum Gasteiger partial charge on any atom is 0.254 e. The molecule has 1 atom stereocenters. The summed E-state index contributed by atoms with van der Waals surface area (Å²) in [4.78, 5) is 20.0. The largest absolute Gasteiger partial charge is 0.331 e. The van der Waals surface area contributed by atoms with Gasteiger partial charge in [-0.15, -0.1) is 11.3 Å². The smallest absolute Gasteiger partial charge is 0.254 e. The van der Waals surface area contributed by atoms with Gasteiger partial charge in [0.2, 0.25) is 0 Å². The molecule has 3 rings (SSSR count). The third-order valence-corrected chi connectivity index (χ3v) is 4.67. The Morgan fingerprint density at radius 1 is 1.42 bits per heavy atom. The predicted molar refractivity (Wildman–Crippen MR) is 76.3 cm³/mol. The molecule has 0 radical (unpaired) electrons. The van der Waals surface area contributed by atoms with E-state index < -0.39 is 0 Å². The fourth-order valence-corrected chi connectivity index (χ4v) is 3.67. The lowest BCUT2D eigenvalue weighted by molar-refractivity contribution is 0.0657. The predicted octanol–water partition coefficient (Wildman–Crippen LogP) is 3.29. The lowest BCUT2D eigenvalue weighted by Crippen LogP contribution is -2.39. The van der Waals surface area contributed by atoms with Crippen LogP contribution in [0.15, 0.2) is 36.0 Å². The second-order valence-corrected chi connectivity index (χ2v) is 5.71. The van der Waals surface area contributed by atoms with Gasteiger partial charge in [0.1, 0.15) is 0 Å². The first-order valence-electron chi connectivity index (χ1n) is 6.58. The second-order valence-electron chi connectivity index (χ2n) is 4.71. The third-order valence-electron chi connectivity index (χ3n) is 3.67. The van der Waals surface area contributed by atoms with Gasteiger partial charge in [0, 0.05) is 29.4 Å². The summed E-state index contributed by atoms with van der Waals surface area (Å²) < 4.78 is 0. The van der Waals surface area contributed by atoms with Crippen molar-refractivity contribution in [2.45, 2.75) is 25.8 Å². The average molecular weight is 272 g/mol. The highest BCUT2D eigenvalue weighted by molar-refractivity contribution is 7.10. The molecule has 19 heavy (non-hydrogen) atoms. The molecule has 0 aromatic carbocycles. The van der Waals surface area contributed by atoms with Crippen LogP contribution in [0.4, 0.5) is 0 Å². The lowest BCUT2D eigenvalue weighted by atomic mass is 9.97. The van der Waals surface area contributed by atoms with Crippen molar-refractivity contribution in [3.05, 3.63) is 52.0 Å². The van der Waals surface area contributed by atoms with Crippen molar-refractivity contribution in [3.63, 3.8) is 0 Å². The molecule has 3 heterocycles. The number of amides is 1. The number of pyridine rings is 1. The highest BCUT2D eigenvalue weighted by Crippen LogP contribution is 2.35. The first kappa shape index (κ1) is 12.4. The van der Waals surface area contributed by atoms with E-state index in [1.165, 1.54) is 10.4 Å².